The molecule has 0 aliphatic carbocycles. The molecule has 1 unspecified atom stereocenters. The van der Waals surface area contributed by atoms with Crippen LogP contribution in [0.2, 0.25) is 0 Å². The average molecular weight is 730 g/mol. The van der Waals surface area contributed by atoms with Crippen LogP contribution in [0.25, 0.3) is 28.0 Å². The van der Waals surface area contributed by atoms with E-state index < -0.39 is 0 Å². The van der Waals surface area contributed by atoms with Gasteiger partial charge in [0.2, 0.25) is 0 Å². The Morgan fingerprint density at radius 2 is 1.75 bits per heavy atom. The molecule has 5 aromatic rings. The van der Waals surface area contributed by atoms with Gasteiger partial charge in [-0.15, -0.1) is 11.3 Å². The van der Waals surface area contributed by atoms with Crippen molar-refractivity contribution >= 4 is 34.1 Å². The van der Waals surface area contributed by atoms with Crippen molar-refractivity contribution in [3.05, 3.63) is 109 Å². The molecule has 1 amide bonds. The molecule has 0 N–H and O–H groups in total. The molecule has 5 heterocycles. The van der Waals surface area contributed by atoms with Crippen LogP contribution in [0.15, 0.2) is 70.7 Å². The number of nitrogens with zero attached hydrogens (tertiary/aromatic N) is 7. The van der Waals surface area contributed by atoms with Gasteiger partial charge in [0.15, 0.2) is 0 Å². The molecular weight excluding hydrogens is 687 g/mol. The zero-order valence-corrected chi connectivity index (χ0v) is 31.6. The SMILES string of the molecule is COc1cc(-c2cn(C)c(=O)c3cnccc23)cc(OC)c1CN1CCN(Cc2cccc3c2CCN(C(=O)/C(C#N)=C\c2nc(C)cs2)C3C)CC1. The van der Waals surface area contributed by atoms with Crippen molar-refractivity contribution in [3.63, 3.8) is 0 Å². The highest BCUT2D eigenvalue weighted by molar-refractivity contribution is 7.10. The minimum absolute atomic E-state index is 0.0895. The topological polar surface area (TPSA) is 117 Å². The first-order valence-corrected chi connectivity index (χ1v) is 18.7. The van der Waals surface area contributed by atoms with Crippen molar-refractivity contribution in [2.75, 3.05) is 46.9 Å². The van der Waals surface area contributed by atoms with Crippen LogP contribution < -0.4 is 15.0 Å². The molecule has 2 aromatic carbocycles. The van der Waals surface area contributed by atoms with Gasteiger partial charge in [0.1, 0.15) is 28.1 Å². The number of carbonyl (C=O) groups is 1. The van der Waals surface area contributed by atoms with Crippen molar-refractivity contribution in [2.24, 2.45) is 7.05 Å². The third-order valence-corrected chi connectivity index (χ3v) is 11.4. The fraction of sp³-hybridized carbons (Fsp3) is 0.341. The molecule has 1 fully saturated rings. The zero-order chi connectivity index (χ0) is 37.2. The molecule has 2 aliphatic rings. The lowest BCUT2D eigenvalue weighted by Crippen LogP contribution is -2.45. The second kappa shape index (κ2) is 15.3. The largest absolute Gasteiger partial charge is 0.496 e. The zero-order valence-electron chi connectivity index (χ0n) is 30.8. The van der Waals surface area contributed by atoms with Crippen molar-refractivity contribution < 1.29 is 14.3 Å². The van der Waals surface area contributed by atoms with Crippen LogP contribution in [0.5, 0.6) is 11.5 Å². The number of thiazole rings is 1. The first-order chi connectivity index (χ1) is 25.7. The van der Waals surface area contributed by atoms with E-state index >= 15 is 0 Å². The molecule has 11 nitrogen and oxygen atoms in total. The van der Waals surface area contributed by atoms with Crippen LogP contribution in [-0.2, 0) is 31.4 Å². The number of aryl methyl sites for hydroxylation is 2. The molecular formula is C41H43N7O4S. The van der Waals surface area contributed by atoms with Gasteiger partial charge in [-0.3, -0.25) is 24.4 Å². The minimum atomic E-state index is -0.249. The number of hydrogen-bond donors (Lipinski definition) is 0. The summed E-state index contributed by atoms with van der Waals surface area (Å²) in [5.41, 5.74) is 7.45. The minimum Gasteiger partial charge on any atom is -0.496 e. The van der Waals surface area contributed by atoms with Crippen LogP contribution in [0, 0.1) is 18.3 Å². The molecule has 3 aromatic heterocycles. The summed E-state index contributed by atoms with van der Waals surface area (Å²) in [5, 5.41) is 13.8. The van der Waals surface area contributed by atoms with Crippen molar-refractivity contribution in [2.45, 2.75) is 39.4 Å². The molecule has 1 atom stereocenters. The van der Waals surface area contributed by atoms with Gasteiger partial charge < -0.3 is 18.9 Å². The quantitative estimate of drug-likeness (QED) is 0.138. The summed E-state index contributed by atoms with van der Waals surface area (Å²) in [5.74, 6) is 1.23. The Balaban J connectivity index is 1.03. The second-order valence-corrected chi connectivity index (χ2v) is 14.6. The van der Waals surface area contributed by atoms with Crippen molar-refractivity contribution in [1.82, 2.24) is 29.2 Å². The van der Waals surface area contributed by atoms with E-state index in [4.69, 9.17) is 9.47 Å². The molecule has 53 heavy (non-hydrogen) atoms. The third kappa shape index (κ3) is 7.20. The van der Waals surface area contributed by atoms with E-state index in [1.165, 1.54) is 22.5 Å². The Labute approximate surface area is 313 Å². The predicted octanol–water partition coefficient (Wildman–Crippen LogP) is 5.75. The predicted molar refractivity (Wildman–Crippen MR) is 207 cm³/mol. The van der Waals surface area contributed by atoms with Crippen molar-refractivity contribution in [3.8, 4) is 28.7 Å². The van der Waals surface area contributed by atoms with Gasteiger partial charge in [-0.05, 0) is 72.2 Å². The number of benzene rings is 2. The first kappa shape index (κ1) is 36.0. The number of ether oxygens (including phenoxy) is 2. The molecule has 7 rings (SSSR count). The molecule has 12 heteroatoms. The maximum Gasteiger partial charge on any atom is 0.265 e. The summed E-state index contributed by atoms with van der Waals surface area (Å²) in [4.78, 5) is 41.6. The summed E-state index contributed by atoms with van der Waals surface area (Å²) in [6, 6.07) is 14.3. The van der Waals surface area contributed by atoms with Gasteiger partial charge in [-0.2, -0.15) is 5.26 Å². The van der Waals surface area contributed by atoms with Crippen LogP contribution in [0.1, 0.15) is 45.9 Å². The van der Waals surface area contributed by atoms with E-state index in [0.717, 1.165) is 84.0 Å². The number of aromatic nitrogens is 3. The number of fused-ring (bicyclic) bond motifs is 2. The molecule has 0 radical (unpaired) electrons. The number of nitriles is 1. The number of hydrogen-bond acceptors (Lipinski definition) is 10. The maximum atomic E-state index is 13.5. The Bertz CT molecular complexity index is 2290. The number of piperazine rings is 1. The van der Waals surface area contributed by atoms with Crippen LogP contribution >= 0.6 is 11.3 Å². The van der Waals surface area contributed by atoms with Gasteiger partial charge in [0.05, 0.1) is 31.2 Å². The second-order valence-electron chi connectivity index (χ2n) is 13.7. The first-order valence-electron chi connectivity index (χ1n) is 17.8. The summed E-state index contributed by atoms with van der Waals surface area (Å²) in [6.07, 6.45) is 7.53. The van der Waals surface area contributed by atoms with Crippen LogP contribution in [-0.4, -0.2) is 82.1 Å². The van der Waals surface area contributed by atoms with Crippen LogP contribution in [0.4, 0.5) is 0 Å². The highest BCUT2D eigenvalue weighted by Crippen LogP contribution is 2.38. The molecule has 0 spiro atoms. The van der Waals surface area contributed by atoms with Gasteiger partial charge in [-0.25, -0.2) is 4.98 Å². The fourth-order valence-corrected chi connectivity index (χ4v) is 8.36. The highest BCUT2D eigenvalue weighted by atomic mass is 32.1. The Morgan fingerprint density at radius 3 is 2.42 bits per heavy atom. The Kier molecular flexibility index (Phi) is 10.4. The highest BCUT2D eigenvalue weighted by Gasteiger charge is 2.31. The molecule has 272 valence electrons. The van der Waals surface area contributed by atoms with Gasteiger partial charge in [-0.1, -0.05) is 18.2 Å². The third-order valence-electron chi connectivity index (χ3n) is 10.5. The van der Waals surface area contributed by atoms with E-state index in [-0.39, 0.29) is 23.1 Å². The lowest BCUT2D eigenvalue weighted by Gasteiger charge is -2.38. The number of rotatable bonds is 9. The monoisotopic (exact) mass is 729 g/mol. The van der Waals surface area contributed by atoms with Gasteiger partial charge >= 0.3 is 0 Å². The standard InChI is InChI=1S/C41H43N7O4S/c1-26-25-53-39(44-26)19-30(20-42)40(49)48-12-10-32-28(7-6-8-31(32)27(48)2)22-46-13-15-47(16-14-46)24-36-37(51-4)17-29(18-38(36)52-5)35-23-45(3)41(50)34-21-43-11-9-33(34)35/h6-9,11,17-19,21,23,25,27H,10,12-16,22,24H2,1-5H3/b30-19-. The molecule has 0 saturated carbocycles. The number of pyridine rings is 2. The summed E-state index contributed by atoms with van der Waals surface area (Å²) >= 11 is 1.43. The van der Waals surface area contributed by atoms with E-state index in [9.17, 15) is 14.9 Å². The average Bonchev–Trinajstić information content (AvgIpc) is 3.60. The molecule has 1 saturated heterocycles. The van der Waals surface area contributed by atoms with E-state index in [1.807, 2.05) is 41.6 Å². The Hall–Kier alpha value is -5.35. The number of carbonyl (C=O) groups excluding carboxylic acids is 1. The van der Waals surface area contributed by atoms with E-state index in [0.29, 0.717) is 23.5 Å². The summed E-state index contributed by atoms with van der Waals surface area (Å²) < 4.78 is 13.5. The lowest BCUT2D eigenvalue weighted by molar-refractivity contribution is -0.129. The summed E-state index contributed by atoms with van der Waals surface area (Å²) in [7, 11) is 5.12. The van der Waals surface area contributed by atoms with Gasteiger partial charge in [0.25, 0.3) is 11.5 Å². The smallest absolute Gasteiger partial charge is 0.265 e. The Morgan fingerprint density at radius 1 is 1.04 bits per heavy atom. The van der Waals surface area contributed by atoms with E-state index in [2.05, 4.69) is 51.0 Å². The molecule has 0 bridgehead atoms. The maximum absolute atomic E-state index is 13.5. The fourth-order valence-electron chi connectivity index (χ4n) is 7.64. The van der Waals surface area contributed by atoms with Crippen molar-refractivity contribution in [1.29, 1.82) is 5.26 Å². The number of amides is 1. The van der Waals surface area contributed by atoms with E-state index in [1.54, 1.807) is 44.3 Å². The summed E-state index contributed by atoms with van der Waals surface area (Å²) in [6.45, 7) is 9.65. The lowest BCUT2D eigenvalue weighted by atomic mass is 9.89. The molecule has 2 aliphatic heterocycles. The van der Waals surface area contributed by atoms with Gasteiger partial charge in [0, 0.05) is 88.1 Å². The number of methoxy groups -OCH3 is 2. The van der Waals surface area contributed by atoms with Crippen LogP contribution in [0.3, 0.4) is 0 Å². The normalized spacial score (nSPS) is 16.7.